The van der Waals surface area contributed by atoms with Crippen molar-refractivity contribution in [2.45, 2.75) is 161 Å². The average molecular weight is 678 g/mol. The highest BCUT2D eigenvalue weighted by Gasteiger charge is 2.25. The summed E-state index contributed by atoms with van der Waals surface area (Å²) in [6, 6.07) is -0.726. The van der Waals surface area contributed by atoms with Gasteiger partial charge in [0.2, 0.25) is 0 Å². The third-order valence-electron chi connectivity index (χ3n) is 8.29. The Balaban J connectivity index is 4.45. The summed E-state index contributed by atoms with van der Waals surface area (Å²) in [7, 11) is 5.38. The number of nitrogens with zero attached hydrogens (tertiary/aromatic N) is 1. The van der Waals surface area contributed by atoms with E-state index in [0.29, 0.717) is 12.8 Å². The molecule has 0 aromatic rings. The summed E-state index contributed by atoms with van der Waals surface area (Å²) in [5, 5.41) is 11.6. The first-order valence-corrected chi connectivity index (χ1v) is 19.0. The molecule has 48 heavy (non-hydrogen) atoms. The van der Waals surface area contributed by atoms with Gasteiger partial charge >= 0.3 is 11.9 Å². The molecule has 0 aliphatic heterocycles. The van der Waals surface area contributed by atoms with Gasteiger partial charge in [0.15, 0.2) is 6.10 Å². The third kappa shape index (κ3) is 29.7. The number of quaternary nitrogens is 1. The lowest BCUT2D eigenvalue weighted by molar-refractivity contribution is -0.889. The Bertz CT molecular complexity index is 891. The van der Waals surface area contributed by atoms with Crippen LogP contribution >= 0.6 is 0 Å². The number of esters is 2. The topological polar surface area (TPSA) is 102 Å². The summed E-state index contributed by atoms with van der Waals surface area (Å²) in [6.45, 7) is 4.49. The van der Waals surface area contributed by atoms with Gasteiger partial charge in [-0.1, -0.05) is 121 Å². The number of hydrogen-bond acceptors (Lipinski definition) is 7. The molecule has 0 saturated heterocycles. The molecule has 0 aromatic carbocycles. The Hall–Kier alpha value is -2.45. The molecule has 0 amide bonds. The number of ether oxygens (including phenoxy) is 3. The Morgan fingerprint density at radius 3 is 1.73 bits per heavy atom. The first kappa shape index (κ1) is 45.6. The van der Waals surface area contributed by atoms with Crippen LogP contribution in [0.3, 0.4) is 0 Å². The van der Waals surface area contributed by atoms with Gasteiger partial charge in [-0.15, -0.1) is 0 Å². The number of hydrogen-bond donors (Lipinski definition) is 0. The minimum absolute atomic E-state index is 0.0349. The van der Waals surface area contributed by atoms with Crippen LogP contribution in [0, 0.1) is 0 Å². The maximum atomic E-state index is 12.6. The first-order chi connectivity index (χ1) is 23.1. The molecule has 0 aliphatic carbocycles. The van der Waals surface area contributed by atoms with Crippen molar-refractivity contribution in [1.82, 2.24) is 0 Å². The van der Waals surface area contributed by atoms with Crippen LogP contribution in [-0.4, -0.2) is 75.5 Å². The molecule has 2 unspecified atom stereocenters. The van der Waals surface area contributed by atoms with Crippen LogP contribution < -0.4 is 5.11 Å². The summed E-state index contributed by atoms with van der Waals surface area (Å²) in [5.74, 6) is -1.77. The number of carbonyl (C=O) groups excluding carboxylic acids is 3. The molecule has 278 valence electrons. The van der Waals surface area contributed by atoms with Gasteiger partial charge < -0.3 is 28.6 Å². The molecule has 2 atom stereocenters. The number of allylic oxidation sites excluding steroid dienone is 6. The molecule has 0 aliphatic rings. The second-order valence-electron chi connectivity index (χ2n) is 13.8. The van der Waals surface area contributed by atoms with Crippen molar-refractivity contribution in [3.05, 3.63) is 36.5 Å². The Morgan fingerprint density at radius 1 is 0.646 bits per heavy atom. The summed E-state index contributed by atoms with van der Waals surface area (Å²) in [4.78, 5) is 36.6. The number of likely N-dealkylation sites (N-methyl/N-ethyl adjacent to an activating group) is 1. The van der Waals surface area contributed by atoms with Gasteiger partial charge in [0.05, 0.1) is 40.3 Å². The van der Waals surface area contributed by atoms with Crippen molar-refractivity contribution in [2.24, 2.45) is 0 Å². The van der Waals surface area contributed by atoms with Gasteiger partial charge in [0, 0.05) is 19.3 Å². The molecule has 0 rings (SSSR count). The zero-order chi connectivity index (χ0) is 35.7. The van der Waals surface area contributed by atoms with Crippen LogP contribution in [0.1, 0.15) is 149 Å². The van der Waals surface area contributed by atoms with Crippen LogP contribution in [0.2, 0.25) is 0 Å². The summed E-state index contributed by atoms with van der Waals surface area (Å²) in [5.41, 5.74) is 0. The second kappa shape index (κ2) is 31.8. The first-order valence-electron chi connectivity index (χ1n) is 19.0. The molecule has 0 radical (unpaired) electrons. The van der Waals surface area contributed by atoms with Crippen molar-refractivity contribution in [3.63, 3.8) is 0 Å². The Morgan fingerprint density at radius 2 is 1.17 bits per heavy atom. The number of carbonyl (C=O) groups is 3. The minimum atomic E-state index is -1.13. The normalized spacial score (nSPS) is 13.4. The molecule has 8 nitrogen and oxygen atoms in total. The van der Waals surface area contributed by atoms with Crippen LogP contribution in [0.5, 0.6) is 0 Å². The standard InChI is InChI=1S/C40H71NO7/c1-6-8-10-12-14-16-18-19-20-21-23-24-26-28-30-38(42)47-35-36(34-46-33-32-37(40(44)45)41(3,4)5)48-39(43)31-29-27-25-22-17-15-13-11-9-7-2/h8,10,14,16,19-20,36-37H,6-7,9,11-13,15,17-18,21-35H2,1-5H3/b10-8+,16-14+,20-19+. The molecule has 0 bridgehead atoms. The van der Waals surface area contributed by atoms with E-state index in [-0.39, 0.29) is 42.7 Å². The smallest absolute Gasteiger partial charge is 0.306 e. The van der Waals surface area contributed by atoms with Crippen LogP contribution in [-0.2, 0) is 28.6 Å². The minimum Gasteiger partial charge on any atom is -0.544 e. The zero-order valence-corrected chi connectivity index (χ0v) is 31.4. The molecule has 0 saturated carbocycles. The third-order valence-corrected chi connectivity index (χ3v) is 8.29. The van der Waals surface area contributed by atoms with E-state index in [2.05, 4.69) is 50.3 Å². The lowest BCUT2D eigenvalue weighted by atomic mass is 10.1. The fourth-order valence-electron chi connectivity index (χ4n) is 5.32. The quantitative estimate of drug-likeness (QED) is 0.0299. The zero-order valence-electron chi connectivity index (χ0n) is 31.4. The second-order valence-corrected chi connectivity index (χ2v) is 13.8. The fraction of sp³-hybridized carbons (Fsp3) is 0.775. The van der Waals surface area contributed by atoms with E-state index >= 15 is 0 Å². The number of carboxylic acid groups (broad SMARTS) is 1. The predicted octanol–water partition coefficient (Wildman–Crippen LogP) is 8.18. The summed E-state index contributed by atoms with van der Waals surface area (Å²) < 4.78 is 17.0. The lowest BCUT2D eigenvalue weighted by Gasteiger charge is -2.34. The summed E-state index contributed by atoms with van der Waals surface area (Å²) in [6.07, 6.45) is 33.1. The molecule has 0 spiro atoms. The number of carboxylic acids is 1. The number of rotatable bonds is 33. The van der Waals surface area contributed by atoms with Gasteiger partial charge in [-0.2, -0.15) is 0 Å². The van der Waals surface area contributed by atoms with Crippen molar-refractivity contribution < 1.29 is 38.2 Å². The fourth-order valence-corrected chi connectivity index (χ4v) is 5.32. The lowest BCUT2D eigenvalue weighted by Crippen LogP contribution is -2.55. The molecule has 0 heterocycles. The van der Waals surface area contributed by atoms with Crippen molar-refractivity contribution in [2.75, 3.05) is 41.0 Å². The molecule has 0 fully saturated rings. The van der Waals surface area contributed by atoms with E-state index in [0.717, 1.165) is 70.6 Å². The van der Waals surface area contributed by atoms with Crippen molar-refractivity contribution in [3.8, 4) is 0 Å². The average Bonchev–Trinajstić information content (AvgIpc) is 3.03. The van der Waals surface area contributed by atoms with Crippen LogP contribution in [0.25, 0.3) is 0 Å². The van der Waals surface area contributed by atoms with E-state index < -0.39 is 18.1 Å². The largest absolute Gasteiger partial charge is 0.544 e. The van der Waals surface area contributed by atoms with E-state index in [1.807, 2.05) is 0 Å². The highest BCUT2D eigenvalue weighted by Crippen LogP contribution is 2.13. The Kier molecular flexibility index (Phi) is 30.2. The number of unbranched alkanes of at least 4 members (excludes halogenated alkanes) is 13. The highest BCUT2D eigenvalue weighted by molar-refractivity contribution is 5.70. The molecule has 0 aromatic heterocycles. The van der Waals surface area contributed by atoms with Gasteiger partial charge in [-0.25, -0.2) is 0 Å². The highest BCUT2D eigenvalue weighted by atomic mass is 16.6. The van der Waals surface area contributed by atoms with Crippen LogP contribution in [0.4, 0.5) is 0 Å². The maximum Gasteiger partial charge on any atom is 0.306 e. The summed E-state index contributed by atoms with van der Waals surface area (Å²) >= 11 is 0. The molecule has 8 heteroatoms. The molecular weight excluding hydrogens is 606 g/mol. The maximum absolute atomic E-state index is 12.6. The van der Waals surface area contributed by atoms with Crippen molar-refractivity contribution >= 4 is 17.9 Å². The van der Waals surface area contributed by atoms with Gasteiger partial charge in [0.1, 0.15) is 12.6 Å². The van der Waals surface area contributed by atoms with E-state index in [4.69, 9.17) is 14.2 Å². The molecular formula is C40H71NO7. The van der Waals surface area contributed by atoms with E-state index in [1.165, 1.54) is 44.9 Å². The van der Waals surface area contributed by atoms with E-state index in [9.17, 15) is 19.5 Å². The monoisotopic (exact) mass is 678 g/mol. The Labute approximate surface area is 293 Å². The van der Waals surface area contributed by atoms with Crippen LogP contribution in [0.15, 0.2) is 36.5 Å². The van der Waals surface area contributed by atoms with E-state index in [1.54, 1.807) is 21.1 Å². The SMILES string of the molecule is CC/C=C/C/C=C/C/C=C/CCCCCCC(=O)OCC(COCCC(C(=O)[O-])[N+](C)(C)C)OC(=O)CCCCCCCCCCCC. The van der Waals surface area contributed by atoms with Gasteiger partial charge in [-0.3, -0.25) is 9.59 Å². The number of aliphatic carboxylic acids is 1. The van der Waals surface area contributed by atoms with Gasteiger partial charge in [0.25, 0.3) is 0 Å². The predicted molar refractivity (Wildman–Crippen MR) is 194 cm³/mol. The molecule has 0 N–H and O–H groups in total. The van der Waals surface area contributed by atoms with Crippen molar-refractivity contribution in [1.29, 1.82) is 0 Å². The van der Waals surface area contributed by atoms with Gasteiger partial charge in [-0.05, 0) is 44.9 Å².